The third kappa shape index (κ3) is 4.57. The number of nitriles is 1. The third-order valence-corrected chi connectivity index (χ3v) is 4.81. The van der Waals surface area contributed by atoms with Crippen molar-refractivity contribution < 1.29 is 13.9 Å². The number of nitrogens with one attached hydrogen (secondary N) is 1. The first-order valence-corrected chi connectivity index (χ1v) is 8.98. The smallest absolute Gasteiger partial charge is 0.318 e. The van der Waals surface area contributed by atoms with E-state index < -0.39 is 5.82 Å². The summed E-state index contributed by atoms with van der Waals surface area (Å²) in [5.74, 6) is -0.487. The van der Waals surface area contributed by atoms with Gasteiger partial charge >= 0.3 is 6.03 Å². The zero-order valence-corrected chi connectivity index (χ0v) is 15.5. The highest BCUT2D eigenvalue weighted by Gasteiger charge is 2.26. The van der Waals surface area contributed by atoms with Gasteiger partial charge in [-0.2, -0.15) is 5.26 Å². The lowest BCUT2D eigenvalue weighted by atomic mass is 10.1. The third-order valence-electron chi connectivity index (χ3n) is 4.52. The number of morpholine rings is 1. The van der Waals surface area contributed by atoms with Crippen LogP contribution in [0.5, 0.6) is 0 Å². The van der Waals surface area contributed by atoms with Crippen molar-refractivity contribution >= 4 is 17.6 Å². The van der Waals surface area contributed by atoms with Gasteiger partial charge in [0.25, 0.3) is 0 Å². The van der Waals surface area contributed by atoms with Gasteiger partial charge in [-0.15, -0.1) is 0 Å². The summed E-state index contributed by atoms with van der Waals surface area (Å²) in [6.07, 6.45) is -0.361. The number of nitrogens with zero attached hydrogens (tertiary/aromatic N) is 2. The molecule has 7 heteroatoms. The summed E-state index contributed by atoms with van der Waals surface area (Å²) < 4.78 is 19.1. The summed E-state index contributed by atoms with van der Waals surface area (Å²) in [5, 5.41) is 12.0. The lowest BCUT2D eigenvalue weighted by Crippen LogP contribution is -2.47. The fraction of sp³-hybridized carbons (Fsp3) is 0.300. The van der Waals surface area contributed by atoms with E-state index in [4.69, 9.17) is 21.6 Å². The number of rotatable bonds is 3. The molecule has 27 heavy (non-hydrogen) atoms. The fourth-order valence-corrected chi connectivity index (χ4v) is 3.17. The van der Waals surface area contributed by atoms with E-state index in [2.05, 4.69) is 11.4 Å². The van der Waals surface area contributed by atoms with Crippen molar-refractivity contribution in [3.8, 4) is 6.07 Å². The molecule has 0 spiro atoms. The highest BCUT2D eigenvalue weighted by atomic mass is 35.5. The minimum absolute atomic E-state index is 0.0312. The number of urea groups is 1. The second-order valence-corrected chi connectivity index (χ2v) is 6.79. The van der Waals surface area contributed by atoms with Crippen LogP contribution in [0.25, 0.3) is 0 Å². The van der Waals surface area contributed by atoms with Gasteiger partial charge < -0.3 is 15.0 Å². The van der Waals surface area contributed by atoms with Gasteiger partial charge in [-0.1, -0.05) is 29.8 Å². The first kappa shape index (κ1) is 19.2. The number of carbonyl (C=O) groups excluding carboxylic acids is 1. The maximum Gasteiger partial charge on any atom is 0.318 e. The normalized spacial score (nSPS) is 17.9. The van der Waals surface area contributed by atoms with E-state index in [0.29, 0.717) is 25.3 Å². The number of hydrogen-bond donors (Lipinski definition) is 1. The highest BCUT2D eigenvalue weighted by molar-refractivity contribution is 6.30. The van der Waals surface area contributed by atoms with Gasteiger partial charge in [0.05, 0.1) is 35.8 Å². The summed E-state index contributed by atoms with van der Waals surface area (Å²) in [5.41, 5.74) is 2.14. The Labute approximate surface area is 162 Å². The van der Waals surface area contributed by atoms with E-state index >= 15 is 0 Å². The Kier molecular flexibility index (Phi) is 5.94. The average molecular weight is 388 g/mol. The molecule has 0 aliphatic carbocycles. The van der Waals surface area contributed by atoms with Crippen molar-refractivity contribution in [3.05, 3.63) is 70.0 Å². The SMILES string of the molecule is C[C@H](NC(=O)N1CCO[C@H](c2ccc(F)c(Cl)c2)C1)c1cccc(C#N)c1. The maximum atomic E-state index is 13.4. The van der Waals surface area contributed by atoms with Crippen molar-refractivity contribution in [3.63, 3.8) is 0 Å². The first-order chi connectivity index (χ1) is 13.0. The molecule has 0 unspecified atom stereocenters. The van der Waals surface area contributed by atoms with Crippen LogP contribution in [0.4, 0.5) is 9.18 Å². The maximum absolute atomic E-state index is 13.4. The van der Waals surface area contributed by atoms with Crippen LogP contribution in [0.15, 0.2) is 42.5 Å². The van der Waals surface area contributed by atoms with E-state index in [1.54, 1.807) is 29.2 Å². The molecule has 1 aliphatic heterocycles. The largest absolute Gasteiger partial charge is 0.370 e. The Morgan fingerprint density at radius 3 is 2.96 bits per heavy atom. The molecule has 0 bridgehead atoms. The Morgan fingerprint density at radius 1 is 1.41 bits per heavy atom. The minimum Gasteiger partial charge on any atom is -0.370 e. The number of ether oxygens (including phenoxy) is 1. The summed E-state index contributed by atoms with van der Waals surface area (Å²) in [6.45, 7) is 3.05. The Hall–Kier alpha value is -2.62. The van der Waals surface area contributed by atoms with Crippen LogP contribution < -0.4 is 5.32 Å². The van der Waals surface area contributed by atoms with Crippen LogP contribution in [0.3, 0.4) is 0 Å². The summed E-state index contributed by atoms with van der Waals surface area (Å²) in [4.78, 5) is 14.3. The van der Waals surface area contributed by atoms with Crippen LogP contribution in [0.2, 0.25) is 5.02 Å². The standard InChI is InChI=1S/C20H19ClFN3O2/c1-13(15-4-2-3-14(9-15)11-23)24-20(26)25-7-8-27-19(12-25)16-5-6-18(22)17(21)10-16/h2-6,9-10,13,19H,7-8,12H2,1H3,(H,24,26)/t13-,19-/m0/s1. The predicted molar refractivity (Wildman–Crippen MR) is 99.8 cm³/mol. The zero-order valence-electron chi connectivity index (χ0n) is 14.8. The van der Waals surface area contributed by atoms with Gasteiger partial charge in [-0.05, 0) is 42.3 Å². The van der Waals surface area contributed by atoms with Gasteiger partial charge in [0.15, 0.2) is 0 Å². The number of carbonyl (C=O) groups is 1. The Morgan fingerprint density at radius 2 is 2.22 bits per heavy atom. The van der Waals surface area contributed by atoms with Crippen LogP contribution in [-0.4, -0.2) is 30.6 Å². The number of halogens is 2. The molecule has 0 radical (unpaired) electrons. The van der Waals surface area contributed by atoms with E-state index in [0.717, 1.165) is 11.1 Å². The van der Waals surface area contributed by atoms with E-state index in [1.807, 2.05) is 13.0 Å². The summed E-state index contributed by atoms with van der Waals surface area (Å²) in [6, 6.07) is 13.2. The monoisotopic (exact) mass is 387 g/mol. The molecule has 0 saturated carbocycles. The average Bonchev–Trinajstić information content (AvgIpc) is 2.70. The lowest BCUT2D eigenvalue weighted by Gasteiger charge is -2.34. The fourth-order valence-electron chi connectivity index (χ4n) is 2.99. The highest BCUT2D eigenvalue weighted by Crippen LogP contribution is 2.26. The lowest BCUT2D eigenvalue weighted by molar-refractivity contribution is -0.0157. The Bertz CT molecular complexity index is 884. The molecule has 0 aromatic heterocycles. The van der Waals surface area contributed by atoms with E-state index in [9.17, 15) is 9.18 Å². The molecule has 1 saturated heterocycles. The van der Waals surface area contributed by atoms with Crippen molar-refractivity contribution in [2.24, 2.45) is 0 Å². The molecule has 1 aliphatic rings. The van der Waals surface area contributed by atoms with E-state index in [1.165, 1.54) is 12.1 Å². The van der Waals surface area contributed by atoms with Gasteiger partial charge in [-0.3, -0.25) is 0 Å². The van der Waals surface area contributed by atoms with Gasteiger partial charge in [0.2, 0.25) is 0 Å². The zero-order chi connectivity index (χ0) is 19.4. The van der Waals surface area contributed by atoms with Gasteiger partial charge in [0.1, 0.15) is 11.9 Å². The van der Waals surface area contributed by atoms with Crippen molar-refractivity contribution in [1.82, 2.24) is 10.2 Å². The van der Waals surface area contributed by atoms with Gasteiger partial charge in [-0.25, -0.2) is 9.18 Å². The van der Waals surface area contributed by atoms with E-state index in [-0.39, 0.29) is 23.2 Å². The quantitative estimate of drug-likeness (QED) is 0.858. The molecule has 3 rings (SSSR count). The predicted octanol–water partition coefficient (Wildman–Crippen LogP) is 4.19. The van der Waals surface area contributed by atoms with Gasteiger partial charge in [0, 0.05) is 6.54 Å². The summed E-state index contributed by atoms with van der Waals surface area (Å²) >= 11 is 5.85. The van der Waals surface area contributed by atoms with Crippen LogP contribution in [-0.2, 0) is 4.74 Å². The molecule has 140 valence electrons. The van der Waals surface area contributed by atoms with Crippen molar-refractivity contribution in [2.45, 2.75) is 19.1 Å². The molecule has 1 N–H and O–H groups in total. The second kappa shape index (κ2) is 8.38. The molecular formula is C20H19ClFN3O2. The second-order valence-electron chi connectivity index (χ2n) is 6.39. The number of amides is 2. The van der Waals surface area contributed by atoms with Crippen LogP contribution in [0.1, 0.15) is 35.8 Å². The molecule has 2 atom stereocenters. The minimum atomic E-state index is -0.487. The molecule has 2 aromatic carbocycles. The van der Waals surface area contributed by atoms with Crippen molar-refractivity contribution in [2.75, 3.05) is 19.7 Å². The Balaban J connectivity index is 1.65. The molecule has 2 aromatic rings. The molecule has 1 fully saturated rings. The van der Waals surface area contributed by atoms with Crippen molar-refractivity contribution in [1.29, 1.82) is 5.26 Å². The van der Waals surface area contributed by atoms with Crippen LogP contribution >= 0.6 is 11.6 Å². The van der Waals surface area contributed by atoms with Crippen LogP contribution in [0, 0.1) is 17.1 Å². The molecular weight excluding hydrogens is 369 g/mol. The first-order valence-electron chi connectivity index (χ1n) is 8.60. The topological polar surface area (TPSA) is 65.4 Å². The molecule has 2 amide bonds. The number of benzene rings is 2. The summed E-state index contributed by atoms with van der Waals surface area (Å²) in [7, 11) is 0. The molecule has 1 heterocycles. The molecule has 5 nitrogen and oxygen atoms in total. The number of hydrogen-bond acceptors (Lipinski definition) is 3.